The fraction of sp³-hybridized carbons (Fsp3) is 0.867. The lowest BCUT2D eigenvalue weighted by Gasteiger charge is -2.02. The Morgan fingerprint density at radius 1 is 0.882 bits per heavy atom. The molecule has 2 nitrogen and oxygen atoms in total. The van der Waals surface area contributed by atoms with Crippen molar-refractivity contribution in [3.8, 4) is 0 Å². The Labute approximate surface area is 107 Å². The molecule has 2 heteroatoms. The van der Waals surface area contributed by atoms with E-state index in [1.165, 1.54) is 51.4 Å². The summed E-state index contributed by atoms with van der Waals surface area (Å²) in [7, 11) is 0. The van der Waals surface area contributed by atoms with Gasteiger partial charge in [0, 0.05) is 6.42 Å². The standard InChI is InChI=1S/C15H29O2/c1-3-5-6-7-8-9-10-11-12-13-14-15(16)17-4-2/h2-14H2,1H3. The van der Waals surface area contributed by atoms with Crippen LogP contribution in [0.3, 0.4) is 0 Å². The van der Waals surface area contributed by atoms with E-state index in [9.17, 15) is 4.79 Å². The largest absolute Gasteiger partial charge is 0.466 e. The van der Waals surface area contributed by atoms with Crippen molar-refractivity contribution in [3.05, 3.63) is 6.92 Å². The molecule has 0 fully saturated rings. The molecule has 0 aromatic rings. The van der Waals surface area contributed by atoms with Crippen molar-refractivity contribution in [1.82, 2.24) is 0 Å². The minimum atomic E-state index is -0.0976. The maximum absolute atomic E-state index is 11.0. The summed E-state index contributed by atoms with van der Waals surface area (Å²) in [6.45, 7) is 5.99. The summed E-state index contributed by atoms with van der Waals surface area (Å²) >= 11 is 0. The zero-order valence-electron chi connectivity index (χ0n) is 11.5. The van der Waals surface area contributed by atoms with Crippen LogP contribution in [0, 0.1) is 6.92 Å². The highest BCUT2D eigenvalue weighted by Gasteiger charge is 2.00. The molecule has 0 aromatic carbocycles. The molecule has 0 aliphatic rings. The maximum atomic E-state index is 11.0. The number of esters is 1. The van der Waals surface area contributed by atoms with Crippen LogP contribution in [0.5, 0.6) is 0 Å². The molecular formula is C15H29O2. The van der Waals surface area contributed by atoms with Crippen LogP contribution >= 0.6 is 0 Å². The average Bonchev–Trinajstić information content (AvgIpc) is 2.32. The molecule has 0 spiro atoms. The molecule has 0 N–H and O–H groups in total. The minimum Gasteiger partial charge on any atom is -0.466 e. The third-order valence-corrected chi connectivity index (χ3v) is 3.00. The second kappa shape index (κ2) is 13.5. The summed E-state index contributed by atoms with van der Waals surface area (Å²) in [4.78, 5) is 11.0. The van der Waals surface area contributed by atoms with Crippen molar-refractivity contribution in [2.24, 2.45) is 0 Å². The molecule has 0 aliphatic heterocycles. The van der Waals surface area contributed by atoms with Crippen LogP contribution in [-0.2, 0) is 9.53 Å². The van der Waals surface area contributed by atoms with Crippen LogP contribution in [0.15, 0.2) is 0 Å². The molecule has 0 saturated carbocycles. The summed E-state index contributed by atoms with van der Waals surface area (Å²) in [5, 5.41) is 0. The summed E-state index contributed by atoms with van der Waals surface area (Å²) in [5.74, 6) is -0.0976. The Morgan fingerprint density at radius 2 is 1.35 bits per heavy atom. The quantitative estimate of drug-likeness (QED) is 0.366. The van der Waals surface area contributed by atoms with E-state index in [4.69, 9.17) is 4.74 Å². The second-order valence-electron chi connectivity index (χ2n) is 4.65. The highest BCUT2D eigenvalue weighted by molar-refractivity contribution is 5.69. The summed E-state index contributed by atoms with van der Waals surface area (Å²) < 4.78 is 4.77. The predicted molar refractivity (Wildman–Crippen MR) is 72.8 cm³/mol. The first kappa shape index (κ1) is 16.5. The van der Waals surface area contributed by atoms with Crippen molar-refractivity contribution in [3.63, 3.8) is 0 Å². The van der Waals surface area contributed by atoms with E-state index in [1.807, 2.05) is 0 Å². The van der Waals surface area contributed by atoms with Crippen molar-refractivity contribution >= 4 is 5.97 Å². The molecule has 0 aromatic heterocycles. The number of hydrogen-bond donors (Lipinski definition) is 0. The molecule has 0 rings (SSSR count). The molecule has 0 heterocycles. The van der Waals surface area contributed by atoms with E-state index in [0.717, 1.165) is 12.8 Å². The Kier molecular flexibility index (Phi) is 13.1. The van der Waals surface area contributed by atoms with Crippen LogP contribution in [-0.4, -0.2) is 12.6 Å². The highest BCUT2D eigenvalue weighted by Crippen LogP contribution is 2.11. The molecule has 0 amide bonds. The normalized spacial score (nSPS) is 10.5. The number of carbonyl (C=O) groups is 1. The van der Waals surface area contributed by atoms with Crippen molar-refractivity contribution in [2.45, 2.75) is 77.6 Å². The smallest absolute Gasteiger partial charge is 0.305 e. The topological polar surface area (TPSA) is 26.3 Å². The predicted octanol–water partition coefficient (Wildman–Crippen LogP) is 4.67. The van der Waals surface area contributed by atoms with Gasteiger partial charge < -0.3 is 4.74 Å². The van der Waals surface area contributed by atoms with Crippen molar-refractivity contribution in [1.29, 1.82) is 0 Å². The molecule has 0 saturated heterocycles. The first-order valence-corrected chi connectivity index (χ1v) is 7.26. The maximum Gasteiger partial charge on any atom is 0.305 e. The Hall–Kier alpha value is -0.530. The van der Waals surface area contributed by atoms with Gasteiger partial charge >= 0.3 is 5.97 Å². The third-order valence-electron chi connectivity index (χ3n) is 3.00. The number of unbranched alkanes of at least 4 members (excludes halogenated alkanes) is 9. The number of carbonyl (C=O) groups excluding carboxylic acids is 1. The Balaban J connectivity index is 3.01. The van der Waals surface area contributed by atoms with Crippen LogP contribution in [0.2, 0.25) is 0 Å². The van der Waals surface area contributed by atoms with Crippen LogP contribution in [0.4, 0.5) is 0 Å². The molecule has 17 heavy (non-hydrogen) atoms. The van der Waals surface area contributed by atoms with Gasteiger partial charge in [-0.25, -0.2) is 0 Å². The zero-order valence-corrected chi connectivity index (χ0v) is 11.5. The molecule has 0 aliphatic carbocycles. The molecule has 1 radical (unpaired) electrons. The molecule has 0 atom stereocenters. The fourth-order valence-corrected chi connectivity index (χ4v) is 1.94. The van der Waals surface area contributed by atoms with Gasteiger partial charge in [-0.3, -0.25) is 4.79 Å². The van der Waals surface area contributed by atoms with Gasteiger partial charge in [0.25, 0.3) is 0 Å². The van der Waals surface area contributed by atoms with E-state index in [1.54, 1.807) is 0 Å². The molecular weight excluding hydrogens is 212 g/mol. The highest BCUT2D eigenvalue weighted by atomic mass is 16.5. The lowest BCUT2D eigenvalue weighted by Crippen LogP contribution is -2.03. The van der Waals surface area contributed by atoms with Gasteiger partial charge in [-0.15, -0.1) is 0 Å². The van der Waals surface area contributed by atoms with E-state index < -0.39 is 0 Å². The third kappa shape index (κ3) is 13.4. The van der Waals surface area contributed by atoms with Crippen LogP contribution in [0.25, 0.3) is 0 Å². The van der Waals surface area contributed by atoms with E-state index in [2.05, 4.69) is 13.8 Å². The molecule has 0 bridgehead atoms. The lowest BCUT2D eigenvalue weighted by molar-refractivity contribution is -0.142. The monoisotopic (exact) mass is 241 g/mol. The van der Waals surface area contributed by atoms with Crippen molar-refractivity contribution < 1.29 is 9.53 Å². The Morgan fingerprint density at radius 3 is 1.82 bits per heavy atom. The Bertz CT molecular complexity index is 166. The first-order chi connectivity index (χ1) is 8.31. The van der Waals surface area contributed by atoms with Gasteiger partial charge in [-0.2, -0.15) is 0 Å². The SMILES string of the molecule is [CH2]COC(=O)CCCCCCCCCCCC. The average molecular weight is 241 g/mol. The lowest BCUT2D eigenvalue weighted by atomic mass is 10.1. The van der Waals surface area contributed by atoms with Crippen LogP contribution in [0.1, 0.15) is 77.6 Å². The van der Waals surface area contributed by atoms with Gasteiger partial charge in [0.2, 0.25) is 0 Å². The molecule has 101 valence electrons. The number of ether oxygens (including phenoxy) is 1. The fourth-order valence-electron chi connectivity index (χ4n) is 1.94. The van der Waals surface area contributed by atoms with Gasteiger partial charge in [0.15, 0.2) is 0 Å². The second-order valence-corrected chi connectivity index (χ2v) is 4.65. The van der Waals surface area contributed by atoms with E-state index in [-0.39, 0.29) is 12.6 Å². The zero-order chi connectivity index (χ0) is 12.8. The summed E-state index contributed by atoms with van der Waals surface area (Å²) in [6.07, 6.45) is 13.5. The van der Waals surface area contributed by atoms with Gasteiger partial charge in [-0.1, -0.05) is 64.7 Å². The summed E-state index contributed by atoms with van der Waals surface area (Å²) in [6, 6.07) is 0. The minimum absolute atomic E-state index is 0.0976. The summed E-state index contributed by atoms with van der Waals surface area (Å²) in [5.41, 5.74) is 0. The van der Waals surface area contributed by atoms with Gasteiger partial charge in [0.05, 0.1) is 6.61 Å². The van der Waals surface area contributed by atoms with Crippen LogP contribution < -0.4 is 0 Å². The van der Waals surface area contributed by atoms with Gasteiger partial charge in [0.1, 0.15) is 0 Å². The number of rotatable bonds is 12. The number of hydrogen-bond acceptors (Lipinski definition) is 2. The first-order valence-electron chi connectivity index (χ1n) is 7.26. The van der Waals surface area contributed by atoms with Gasteiger partial charge in [-0.05, 0) is 13.3 Å². The van der Waals surface area contributed by atoms with E-state index in [0.29, 0.717) is 6.42 Å². The van der Waals surface area contributed by atoms with E-state index >= 15 is 0 Å². The van der Waals surface area contributed by atoms with Crippen molar-refractivity contribution in [2.75, 3.05) is 6.61 Å². The molecule has 0 unspecified atom stereocenters.